The Hall–Kier alpha value is -1.77. The number of guanidine groups is 1. The highest BCUT2D eigenvalue weighted by Gasteiger charge is 2.57. The van der Waals surface area contributed by atoms with Crippen LogP contribution in [0, 0.1) is 5.92 Å². The monoisotopic (exact) mass is 377 g/mol. The molecule has 150 valence electrons. The number of nitrogens with one attached hydrogen (secondary N) is 2. The van der Waals surface area contributed by atoms with Crippen molar-refractivity contribution in [3.63, 3.8) is 0 Å². The van der Waals surface area contributed by atoms with E-state index in [4.69, 9.17) is 0 Å². The van der Waals surface area contributed by atoms with E-state index in [0.29, 0.717) is 25.0 Å². The zero-order valence-electron chi connectivity index (χ0n) is 15.9. The number of halogens is 3. The van der Waals surface area contributed by atoms with E-state index in [1.165, 1.54) is 24.0 Å². The number of hydrogen-bond acceptors (Lipinski definition) is 3. The van der Waals surface area contributed by atoms with Crippen LogP contribution in [0.25, 0.3) is 0 Å². The number of hydrogen-bond donors (Lipinski definition) is 3. The van der Waals surface area contributed by atoms with Gasteiger partial charge in [0.1, 0.15) is 5.82 Å². The summed E-state index contributed by atoms with van der Waals surface area (Å²) in [5, 5.41) is 16.2. The van der Waals surface area contributed by atoms with Gasteiger partial charge < -0.3 is 20.3 Å². The van der Waals surface area contributed by atoms with E-state index in [0.717, 1.165) is 12.8 Å². The molecule has 0 radical (unpaired) electrons. The van der Waals surface area contributed by atoms with Crippen LogP contribution in [0.4, 0.5) is 13.2 Å². The van der Waals surface area contributed by atoms with Gasteiger partial charge in [-0.3, -0.25) is 4.99 Å². The van der Waals surface area contributed by atoms with Gasteiger partial charge in [0.25, 0.3) is 0 Å². The Balaban J connectivity index is 2.72. The fraction of sp³-hybridized carbons (Fsp3) is 0.765. The molecule has 1 heterocycles. The molecule has 0 bridgehead atoms. The summed E-state index contributed by atoms with van der Waals surface area (Å²) >= 11 is 0. The Kier molecular flexibility index (Phi) is 8.39. The SMILES string of the molecule is CCNC(=NCCCC(C)C)NCCC(O)(c1nccn1C)C(F)(F)F. The molecule has 26 heavy (non-hydrogen) atoms. The number of aliphatic imine (C=N–C) groups is 1. The average Bonchev–Trinajstić information content (AvgIpc) is 2.96. The third-order valence-corrected chi connectivity index (χ3v) is 3.99. The second kappa shape index (κ2) is 9.80. The highest BCUT2D eigenvalue weighted by molar-refractivity contribution is 5.79. The Morgan fingerprint density at radius 2 is 2.04 bits per heavy atom. The minimum absolute atomic E-state index is 0.0983. The van der Waals surface area contributed by atoms with Crippen LogP contribution >= 0.6 is 0 Å². The molecule has 6 nitrogen and oxygen atoms in total. The number of aromatic nitrogens is 2. The zero-order chi connectivity index (χ0) is 19.8. The minimum atomic E-state index is -4.83. The summed E-state index contributed by atoms with van der Waals surface area (Å²) in [6, 6.07) is 0. The average molecular weight is 377 g/mol. The van der Waals surface area contributed by atoms with Crippen molar-refractivity contribution in [2.24, 2.45) is 18.0 Å². The molecule has 0 fully saturated rings. The highest BCUT2D eigenvalue weighted by atomic mass is 19.4. The summed E-state index contributed by atoms with van der Waals surface area (Å²) in [5.41, 5.74) is -3.02. The molecule has 1 aromatic rings. The Labute approximate surface area is 152 Å². The molecular formula is C17H30F3N5O. The summed E-state index contributed by atoms with van der Waals surface area (Å²) in [5.74, 6) is 0.603. The molecule has 0 saturated heterocycles. The molecule has 0 aliphatic rings. The molecule has 1 aromatic heterocycles. The summed E-state index contributed by atoms with van der Waals surface area (Å²) in [7, 11) is 1.42. The van der Waals surface area contributed by atoms with Crippen molar-refractivity contribution in [1.82, 2.24) is 20.2 Å². The van der Waals surface area contributed by atoms with Gasteiger partial charge in [0.2, 0.25) is 5.60 Å². The van der Waals surface area contributed by atoms with Crippen LogP contribution in [0.2, 0.25) is 0 Å². The lowest BCUT2D eigenvalue weighted by Gasteiger charge is -2.30. The number of aryl methyl sites for hydroxylation is 1. The van der Waals surface area contributed by atoms with Gasteiger partial charge >= 0.3 is 6.18 Å². The summed E-state index contributed by atoms with van der Waals surface area (Å²) in [4.78, 5) is 8.04. The molecular weight excluding hydrogens is 347 g/mol. The minimum Gasteiger partial charge on any atom is -0.374 e. The fourth-order valence-corrected chi connectivity index (χ4v) is 2.54. The van der Waals surface area contributed by atoms with Gasteiger partial charge in [0.15, 0.2) is 5.96 Å². The topological polar surface area (TPSA) is 74.5 Å². The molecule has 0 saturated carbocycles. The number of aliphatic hydroxyl groups is 1. The van der Waals surface area contributed by atoms with E-state index in [1.807, 2.05) is 6.92 Å². The lowest BCUT2D eigenvalue weighted by atomic mass is 9.97. The first-order valence-electron chi connectivity index (χ1n) is 8.91. The van der Waals surface area contributed by atoms with Crippen molar-refractivity contribution in [2.75, 3.05) is 19.6 Å². The van der Waals surface area contributed by atoms with Gasteiger partial charge in [-0.05, 0) is 25.7 Å². The molecule has 0 aliphatic heterocycles. The van der Waals surface area contributed by atoms with Crippen LogP contribution in [0.3, 0.4) is 0 Å². The summed E-state index contributed by atoms with van der Waals surface area (Å²) < 4.78 is 41.6. The highest BCUT2D eigenvalue weighted by Crippen LogP contribution is 2.40. The second-order valence-electron chi connectivity index (χ2n) is 6.69. The third kappa shape index (κ3) is 6.19. The van der Waals surface area contributed by atoms with E-state index in [1.54, 1.807) is 0 Å². The maximum atomic E-state index is 13.5. The van der Waals surface area contributed by atoms with Crippen molar-refractivity contribution in [1.29, 1.82) is 0 Å². The molecule has 0 amide bonds. The van der Waals surface area contributed by atoms with E-state index in [9.17, 15) is 18.3 Å². The summed E-state index contributed by atoms with van der Waals surface area (Å²) in [6.07, 6.45) is -0.846. The molecule has 0 spiro atoms. The number of alkyl halides is 3. The zero-order valence-corrected chi connectivity index (χ0v) is 15.9. The summed E-state index contributed by atoms with van der Waals surface area (Å²) in [6.45, 7) is 7.23. The first-order valence-corrected chi connectivity index (χ1v) is 8.91. The van der Waals surface area contributed by atoms with Crippen molar-refractivity contribution >= 4 is 5.96 Å². The van der Waals surface area contributed by atoms with Crippen LogP contribution in [-0.2, 0) is 12.6 Å². The van der Waals surface area contributed by atoms with Gasteiger partial charge in [0, 0.05) is 45.5 Å². The van der Waals surface area contributed by atoms with E-state index in [2.05, 4.69) is 34.5 Å². The van der Waals surface area contributed by atoms with Crippen molar-refractivity contribution < 1.29 is 18.3 Å². The van der Waals surface area contributed by atoms with Crippen LogP contribution in [-0.4, -0.2) is 46.4 Å². The Bertz CT molecular complexity index is 571. The number of rotatable bonds is 9. The fourth-order valence-electron chi connectivity index (χ4n) is 2.54. The van der Waals surface area contributed by atoms with E-state index < -0.39 is 24.0 Å². The van der Waals surface area contributed by atoms with Gasteiger partial charge in [-0.2, -0.15) is 13.2 Å². The standard InChI is InChI=1S/C17H30F3N5O/c1-5-21-15(23-9-6-7-13(2)3)24-10-8-16(26,17(18,19)20)14-22-11-12-25(14)4/h11-13,26H,5-10H2,1-4H3,(H2,21,23,24). The quantitative estimate of drug-likeness (QED) is 0.351. The Morgan fingerprint density at radius 1 is 1.35 bits per heavy atom. The molecule has 1 unspecified atom stereocenters. The normalized spacial score (nSPS) is 15.2. The molecule has 1 rings (SSSR count). The first-order chi connectivity index (χ1) is 12.1. The molecule has 3 N–H and O–H groups in total. The van der Waals surface area contributed by atoms with Crippen molar-refractivity contribution in [2.45, 2.75) is 51.8 Å². The molecule has 9 heteroatoms. The predicted molar refractivity (Wildman–Crippen MR) is 95.8 cm³/mol. The molecule has 1 atom stereocenters. The van der Waals surface area contributed by atoms with Gasteiger partial charge in [-0.25, -0.2) is 4.98 Å². The molecule has 0 aliphatic carbocycles. The lowest BCUT2D eigenvalue weighted by molar-refractivity contribution is -0.272. The lowest BCUT2D eigenvalue weighted by Crippen LogP contribution is -2.48. The van der Waals surface area contributed by atoms with Gasteiger partial charge in [0.05, 0.1) is 0 Å². The van der Waals surface area contributed by atoms with E-state index >= 15 is 0 Å². The first kappa shape index (κ1) is 22.3. The van der Waals surface area contributed by atoms with Crippen molar-refractivity contribution in [3.8, 4) is 0 Å². The van der Waals surface area contributed by atoms with Crippen LogP contribution in [0.5, 0.6) is 0 Å². The van der Waals surface area contributed by atoms with Crippen LogP contribution < -0.4 is 10.6 Å². The number of imidazole rings is 1. The van der Waals surface area contributed by atoms with Crippen molar-refractivity contribution in [3.05, 3.63) is 18.2 Å². The smallest absolute Gasteiger partial charge is 0.374 e. The van der Waals surface area contributed by atoms with Crippen LogP contribution in [0.1, 0.15) is 45.9 Å². The van der Waals surface area contributed by atoms with Gasteiger partial charge in [-0.1, -0.05) is 13.8 Å². The molecule has 0 aromatic carbocycles. The third-order valence-electron chi connectivity index (χ3n) is 3.99. The van der Waals surface area contributed by atoms with Gasteiger partial charge in [-0.15, -0.1) is 0 Å². The Morgan fingerprint density at radius 3 is 2.54 bits per heavy atom. The van der Waals surface area contributed by atoms with E-state index in [-0.39, 0.29) is 6.54 Å². The maximum Gasteiger partial charge on any atom is 0.424 e. The maximum absolute atomic E-state index is 13.5. The van der Waals surface area contributed by atoms with Crippen LogP contribution in [0.15, 0.2) is 17.4 Å². The second-order valence-corrected chi connectivity index (χ2v) is 6.69. The largest absolute Gasteiger partial charge is 0.424 e. The number of nitrogens with zero attached hydrogens (tertiary/aromatic N) is 3. The predicted octanol–water partition coefficient (Wildman–Crippen LogP) is 2.55.